The Kier molecular flexibility index (Phi) is 8.90. The third kappa shape index (κ3) is 6.56. The van der Waals surface area contributed by atoms with Gasteiger partial charge in [0.25, 0.3) is 0 Å². The summed E-state index contributed by atoms with van der Waals surface area (Å²) >= 11 is 0. The lowest BCUT2D eigenvalue weighted by molar-refractivity contribution is -0.0172. The number of aliphatic imine (C=N–C) groups is 1. The highest BCUT2D eigenvalue weighted by atomic mass is 127. The fourth-order valence-electron chi connectivity index (χ4n) is 2.98. The first kappa shape index (κ1) is 24.4. The number of oxazole rings is 1. The number of benzene rings is 1. The van der Waals surface area contributed by atoms with Gasteiger partial charge in [-0.25, -0.2) is 14.4 Å². The van der Waals surface area contributed by atoms with E-state index in [1.807, 2.05) is 6.92 Å². The minimum Gasteiger partial charge on any atom is -0.467 e. The Morgan fingerprint density at radius 3 is 2.77 bits per heavy atom. The largest absolute Gasteiger partial charge is 0.467 e. The topological polar surface area (TPSA) is 80.9 Å². The minimum absolute atomic E-state index is 0. The normalized spacial score (nSPS) is 13.8. The number of nitrogens with one attached hydrogen (secondary N) is 2. The Balaban J connectivity index is 0.00000320. The SMILES string of the molecule is CCNC(=NCc1ncc(C(C)(C)C)o1)NCCc1cc(F)cc2c1OCOC2.I. The van der Waals surface area contributed by atoms with Crippen LogP contribution in [-0.2, 0) is 29.7 Å². The molecule has 0 radical (unpaired) electrons. The standard InChI is InChI=1S/C21H29FN4O3.HI/c1-5-23-20(26-11-18-25-10-17(29-18)21(2,3)4)24-7-6-14-8-16(22)9-15-12-27-13-28-19(14)15;/h8-10H,5-7,11-13H2,1-4H3,(H2,23,24,26);1H. The van der Waals surface area contributed by atoms with Gasteiger partial charge in [-0.2, -0.15) is 0 Å². The van der Waals surface area contributed by atoms with E-state index in [0.717, 1.165) is 29.2 Å². The molecule has 0 atom stereocenters. The molecule has 0 bridgehead atoms. The fraction of sp³-hybridized carbons (Fsp3) is 0.524. The van der Waals surface area contributed by atoms with Crippen molar-refractivity contribution in [2.45, 2.75) is 52.7 Å². The molecule has 1 aromatic carbocycles. The second-order valence-corrected chi connectivity index (χ2v) is 7.90. The molecule has 9 heteroatoms. The molecule has 0 saturated heterocycles. The number of fused-ring (bicyclic) bond motifs is 1. The van der Waals surface area contributed by atoms with E-state index in [4.69, 9.17) is 13.9 Å². The molecule has 166 valence electrons. The van der Waals surface area contributed by atoms with Gasteiger partial charge in [0, 0.05) is 24.1 Å². The van der Waals surface area contributed by atoms with Crippen LogP contribution in [0.5, 0.6) is 5.75 Å². The van der Waals surface area contributed by atoms with Crippen molar-refractivity contribution in [3.05, 3.63) is 46.9 Å². The maximum Gasteiger partial charge on any atom is 0.216 e. The van der Waals surface area contributed by atoms with E-state index in [9.17, 15) is 4.39 Å². The Morgan fingerprint density at radius 2 is 2.07 bits per heavy atom. The Bertz CT molecular complexity index is 864. The van der Waals surface area contributed by atoms with E-state index in [-0.39, 0.29) is 42.0 Å². The summed E-state index contributed by atoms with van der Waals surface area (Å²) < 4.78 is 30.4. The molecule has 1 aliphatic heterocycles. The van der Waals surface area contributed by atoms with Crippen LogP contribution in [0.4, 0.5) is 4.39 Å². The van der Waals surface area contributed by atoms with E-state index >= 15 is 0 Å². The molecule has 2 heterocycles. The summed E-state index contributed by atoms with van der Waals surface area (Å²) in [6.45, 7) is 10.4. The molecule has 0 fully saturated rings. The summed E-state index contributed by atoms with van der Waals surface area (Å²) in [5.74, 6) is 2.49. The molecule has 2 aromatic rings. The third-order valence-corrected chi connectivity index (χ3v) is 4.45. The molecule has 2 N–H and O–H groups in total. The Labute approximate surface area is 193 Å². The van der Waals surface area contributed by atoms with Gasteiger partial charge < -0.3 is 24.5 Å². The average Bonchev–Trinajstić information content (AvgIpc) is 3.15. The first-order valence-corrected chi connectivity index (χ1v) is 9.86. The lowest BCUT2D eigenvalue weighted by atomic mass is 9.94. The van der Waals surface area contributed by atoms with Gasteiger partial charge in [0.05, 0.1) is 12.8 Å². The zero-order chi connectivity index (χ0) is 20.9. The lowest BCUT2D eigenvalue weighted by Crippen LogP contribution is -2.38. The summed E-state index contributed by atoms with van der Waals surface area (Å²) in [5, 5.41) is 6.46. The quantitative estimate of drug-likeness (QED) is 0.334. The van der Waals surface area contributed by atoms with Crippen LogP contribution in [0.15, 0.2) is 27.7 Å². The fourth-order valence-corrected chi connectivity index (χ4v) is 2.98. The van der Waals surface area contributed by atoms with E-state index in [0.29, 0.717) is 38.0 Å². The Hall–Kier alpha value is -1.88. The summed E-state index contributed by atoms with van der Waals surface area (Å²) in [4.78, 5) is 8.83. The van der Waals surface area contributed by atoms with Gasteiger partial charge in [-0.15, -0.1) is 24.0 Å². The summed E-state index contributed by atoms with van der Waals surface area (Å²) in [6, 6.07) is 2.97. The summed E-state index contributed by atoms with van der Waals surface area (Å²) in [6.07, 6.45) is 2.35. The molecule has 0 amide bonds. The van der Waals surface area contributed by atoms with Gasteiger partial charge in [0.1, 0.15) is 23.9 Å². The third-order valence-electron chi connectivity index (χ3n) is 4.45. The number of ether oxygens (including phenoxy) is 2. The maximum atomic E-state index is 13.9. The maximum absolute atomic E-state index is 13.9. The smallest absolute Gasteiger partial charge is 0.216 e. The minimum atomic E-state index is -0.285. The predicted octanol–water partition coefficient (Wildman–Crippen LogP) is 3.89. The zero-order valence-corrected chi connectivity index (χ0v) is 20.2. The number of nitrogens with zero attached hydrogens (tertiary/aromatic N) is 2. The molecule has 0 unspecified atom stereocenters. The van der Waals surface area contributed by atoms with Crippen molar-refractivity contribution in [1.29, 1.82) is 0 Å². The molecule has 0 saturated carbocycles. The number of halogens is 2. The van der Waals surface area contributed by atoms with Gasteiger partial charge in [0.15, 0.2) is 12.8 Å². The second kappa shape index (κ2) is 10.9. The van der Waals surface area contributed by atoms with Crippen LogP contribution in [0.25, 0.3) is 0 Å². The first-order chi connectivity index (χ1) is 13.9. The molecule has 0 spiro atoms. The second-order valence-electron chi connectivity index (χ2n) is 7.90. The van der Waals surface area contributed by atoms with E-state index in [2.05, 4.69) is 41.4 Å². The van der Waals surface area contributed by atoms with Crippen LogP contribution in [0, 0.1) is 5.82 Å². The first-order valence-electron chi connectivity index (χ1n) is 9.86. The Morgan fingerprint density at radius 1 is 1.27 bits per heavy atom. The number of hydrogen-bond donors (Lipinski definition) is 2. The van der Waals surface area contributed by atoms with Crippen molar-refractivity contribution in [3.8, 4) is 5.75 Å². The molecule has 0 aliphatic carbocycles. The summed E-state index contributed by atoms with van der Waals surface area (Å²) in [5.41, 5.74) is 1.47. The van der Waals surface area contributed by atoms with Crippen LogP contribution in [0.3, 0.4) is 0 Å². The number of rotatable bonds is 6. The van der Waals surface area contributed by atoms with Gasteiger partial charge in [-0.05, 0) is 31.0 Å². The van der Waals surface area contributed by atoms with E-state index < -0.39 is 0 Å². The highest BCUT2D eigenvalue weighted by Gasteiger charge is 2.19. The number of guanidine groups is 1. The molecule has 1 aliphatic rings. The molecular formula is C21H30FIN4O3. The van der Waals surface area contributed by atoms with Crippen LogP contribution >= 0.6 is 24.0 Å². The van der Waals surface area contributed by atoms with Gasteiger partial charge in [0.2, 0.25) is 5.89 Å². The van der Waals surface area contributed by atoms with Crippen molar-refractivity contribution in [3.63, 3.8) is 0 Å². The van der Waals surface area contributed by atoms with Crippen molar-refractivity contribution in [1.82, 2.24) is 15.6 Å². The average molecular weight is 532 g/mol. The van der Waals surface area contributed by atoms with E-state index in [1.54, 1.807) is 6.20 Å². The van der Waals surface area contributed by atoms with Crippen LogP contribution in [-0.4, -0.2) is 30.8 Å². The molecule has 3 rings (SSSR count). The van der Waals surface area contributed by atoms with Crippen molar-refractivity contribution in [2.75, 3.05) is 19.9 Å². The van der Waals surface area contributed by atoms with Crippen LogP contribution in [0.1, 0.15) is 50.5 Å². The van der Waals surface area contributed by atoms with Crippen molar-refractivity contribution >= 4 is 29.9 Å². The molecule has 30 heavy (non-hydrogen) atoms. The van der Waals surface area contributed by atoms with E-state index in [1.165, 1.54) is 12.1 Å². The van der Waals surface area contributed by atoms with Crippen molar-refractivity contribution < 1.29 is 18.3 Å². The van der Waals surface area contributed by atoms with Crippen molar-refractivity contribution in [2.24, 2.45) is 4.99 Å². The zero-order valence-electron chi connectivity index (χ0n) is 17.9. The van der Waals surface area contributed by atoms with Gasteiger partial charge in [-0.1, -0.05) is 20.8 Å². The molecular weight excluding hydrogens is 502 g/mol. The van der Waals surface area contributed by atoms with Gasteiger partial charge >= 0.3 is 0 Å². The lowest BCUT2D eigenvalue weighted by Gasteiger charge is -2.21. The van der Waals surface area contributed by atoms with Crippen LogP contribution in [0.2, 0.25) is 0 Å². The molecule has 7 nitrogen and oxygen atoms in total. The highest BCUT2D eigenvalue weighted by molar-refractivity contribution is 14.0. The van der Waals surface area contributed by atoms with Gasteiger partial charge in [-0.3, -0.25) is 0 Å². The number of aromatic nitrogens is 1. The highest BCUT2D eigenvalue weighted by Crippen LogP contribution is 2.29. The molecule has 1 aromatic heterocycles. The number of hydrogen-bond acceptors (Lipinski definition) is 5. The predicted molar refractivity (Wildman–Crippen MR) is 124 cm³/mol. The monoisotopic (exact) mass is 532 g/mol. The summed E-state index contributed by atoms with van der Waals surface area (Å²) in [7, 11) is 0. The van der Waals surface area contributed by atoms with Crippen LogP contribution < -0.4 is 15.4 Å².